The molecule has 0 amide bonds. The molecule has 13 nitrogen and oxygen atoms in total. The van der Waals surface area contributed by atoms with Crippen molar-refractivity contribution >= 4 is 89.3 Å². The molecule has 5 N–H and O–H groups in total. The molecule has 0 bridgehead atoms. The van der Waals surface area contributed by atoms with Gasteiger partial charge in [0.25, 0.3) is 0 Å². The minimum absolute atomic E-state index is 0.00719. The van der Waals surface area contributed by atoms with Gasteiger partial charge in [0, 0.05) is 86.1 Å². The van der Waals surface area contributed by atoms with Crippen molar-refractivity contribution in [3.8, 4) is 0 Å². The van der Waals surface area contributed by atoms with Gasteiger partial charge in [-0.3, -0.25) is 9.80 Å². The number of unbranched alkanes of at least 4 members (excludes halogenated alkanes) is 3. The summed E-state index contributed by atoms with van der Waals surface area (Å²) in [7, 11) is -11.6. The van der Waals surface area contributed by atoms with Gasteiger partial charge in [-0.15, -0.1) is 0 Å². The smallest absolute Gasteiger partial charge is 0.423 e. The third-order valence-corrected chi connectivity index (χ3v) is 18.5. The molecule has 0 fully saturated rings. The fourth-order valence-electron chi connectivity index (χ4n) is 11.1. The van der Waals surface area contributed by atoms with Gasteiger partial charge in [0.1, 0.15) is 0 Å². The van der Waals surface area contributed by atoms with Gasteiger partial charge >= 0.3 is 14.2 Å². The Bertz CT molecular complexity index is 3280. The van der Waals surface area contributed by atoms with Crippen molar-refractivity contribution in [2.75, 3.05) is 57.7 Å². The van der Waals surface area contributed by atoms with E-state index in [1.807, 2.05) is 128 Å². The van der Waals surface area contributed by atoms with Crippen LogP contribution in [0.15, 0.2) is 132 Å². The molecule has 80 heavy (non-hydrogen) atoms. The molecule has 0 radical (unpaired) electrons. The van der Waals surface area contributed by atoms with Crippen molar-refractivity contribution in [1.82, 2.24) is 18.4 Å². The zero-order valence-corrected chi connectivity index (χ0v) is 50.0. The Morgan fingerprint density at radius 3 is 1.45 bits per heavy atom. The second-order valence-electron chi connectivity index (χ2n) is 23.4. The van der Waals surface area contributed by atoms with Crippen LogP contribution in [0.5, 0.6) is 0 Å². The van der Waals surface area contributed by atoms with Gasteiger partial charge in [0.05, 0.1) is 9.79 Å². The predicted molar refractivity (Wildman–Crippen MR) is 332 cm³/mol. The van der Waals surface area contributed by atoms with E-state index in [1.54, 1.807) is 18.2 Å². The summed E-state index contributed by atoms with van der Waals surface area (Å²) < 4.78 is 63.8. The Kier molecular flexibility index (Phi) is 22.0. The van der Waals surface area contributed by atoms with Gasteiger partial charge in [0.2, 0.25) is 20.0 Å². The molecule has 7 rings (SSSR count). The topological polar surface area (TPSA) is 174 Å². The van der Waals surface area contributed by atoms with Crippen molar-refractivity contribution < 1.29 is 36.9 Å². The highest BCUT2D eigenvalue weighted by Crippen LogP contribution is 2.44. The SMILES string of the molecule is C=Cc1ccc(CN(CCCCCCN(CCNc2ccc3ccc4c(S(=O)(=O)N(CC(C)C)CC(C)C)cc(S(=O)(=O)N(CC(C)C)CC(C)C)c5ccc2c3c45)Cc2ccccc2B(O)O)Cc2ccccc2B(O)O)cc1. The molecule has 428 valence electrons. The van der Waals surface area contributed by atoms with Gasteiger partial charge in [-0.25, -0.2) is 16.8 Å². The zero-order valence-electron chi connectivity index (χ0n) is 48.4. The first kappa shape index (κ1) is 62.4. The summed E-state index contributed by atoms with van der Waals surface area (Å²) in [6.45, 7) is 25.4. The van der Waals surface area contributed by atoms with E-state index in [9.17, 15) is 20.1 Å². The lowest BCUT2D eigenvalue weighted by Gasteiger charge is -2.29. The van der Waals surface area contributed by atoms with E-state index in [1.165, 1.54) is 14.7 Å². The van der Waals surface area contributed by atoms with Gasteiger partial charge in [-0.2, -0.15) is 8.61 Å². The Hall–Kier alpha value is -5.17. The molecule has 0 saturated carbocycles. The molecule has 17 heteroatoms. The highest BCUT2D eigenvalue weighted by molar-refractivity contribution is 7.90. The number of rotatable bonds is 32. The van der Waals surface area contributed by atoms with Gasteiger partial charge < -0.3 is 25.4 Å². The number of benzene rings is 7. The summed E-state index contributed by atoms with van der Waals surface area (Å²) in [4.78, 5) is 4.67. The molecule has 0 atom stereocenters. The minimum atomic E-state index is -4.21. The van der Waals surface area contributed by atoms with Crippen molar-refractivity contribution in [3.05, 3.63) is 144 Å². The van der Waals surface area contributed by atoms with Crippen molar-refractivity contribution in [1.29, 1.82) is 0 Å². The highest BCUT2D eigenvalue weighted by Gasteiger charge is 2.35. The van der Waals surface area contributed by atoms with Crippen LogP contribution in [0, 0.1) is 23.7 Å². The third kappa shape index (κ3) is 15.7. The van der Waals surface area contributed by atoms with E-state index in [-0.39, 0.29) is 59.6 Å². The Balaban J connectivity index is 1.16. The Labute approximate surface area is 478 Å². The van der Waals surface area contributed by atoms with Crippen LogP contribution in [0.2, 0.25) is 0 Å². The quantitative estimate of drug-likeness (QED) is 0.0155. The van der Waals surface area contributed by atoms with Gasteiger partial charge in [-0.05, 0) is 106 Å². The van der Waals surface area contributed by atoms with Gasteiger partial charge in [0.15, 0.2) is 0 Å². The lowest BCUT2D eigenvalue weighted by Crippen LogP contribution is -2.38. The number of nitrogens with zero attached hydrogens (tertiary/aromatic N) is 4. The molecule has 0 heterocycles. The fourth-order valence-corrected chi connectivity index (χ4v) is 15.1. The average molecular weight is 1130 g/mol. The van der Waals surface area contributed by atoms with Crippen molar-refractivity contribution in [3.63, 3.8) is 0 Å². The number of anilines is 1. The molecule has 0 aliphatic rings. The minimum Gasteiger partial charge on any atom is -0.423 e. The summed E-state index contributed by atoms with van der Waals surface area (Å²) in [5, 5.41) is 48.8. The standard InChI is InChI=1S/C63H85B2N5O8S2/c1-10-49-23-25-50(26-24-49)42-68(44-53-20-14-16-22-58(53)65(73)74)35-18-12-11-17-34-67(43-52-19-13-15-21-57(52)64(71)72)36-33-66-59-32-28-51-27-29-55-60(79(75,76)69(38-45(2)3)39-46(4)5)37-61(56-31-30-54(59)62(51)63(55)56)80(77,78)70(40-47(6)7)41-48(8)9/h10,13-16,19-32,37,45-48,66,71-74H,1,11-12,17-18,33-36,38-44H2,2-9H3. The van der Waals surface area contributed by atoms with Crippen LogP contribution in [-0.2, 0) is 39.7 Å². The molecule has 0 aliphatic carbocycles. The Morgan fingerprint density at radius 1 is 0.512 bits per heavy atom. The lowest BCUT2D eigenvalue weighted by atomic mass is 9.77. The predicted octanol–water partition coefficient (Wildman–Crippen LogP) is 9.37. The molecule has 0 unspecified atom stereocenters. The maximum atomic E-state index is 15.2. The normalized spacial score (nSPS) is 12.7. The van der Waals surface area contributed by atoms with Gasteiger partial charge in [-0.1, -0.05) is 184 Å². The first-order chi connectivity index (χ1) is 38.1. The number of nitrogens with one attached hydrogen (secondary N) is 1. The Morgan fingerprint density at radius 2 is 0.963 bits per heavy atom. The van der Waals surface area contributed by atoms with Crippen LogP contribution < -0.4 is 16.2 Å². The van der Waals surface area contributed by atoms with Crippen LogP contribution >= 0.6 is 0 Å². The fraction of sp³-hybridized carbons (Fsp3) is 0.429. The van der Waals surface area contributed by atoms with Crippen LogP contribution in [-0.4, -0.2) is 122 Å². The van der Waals surface area contributed by atoms with E-state index in [0.29, 0.717) is 59.8 Å². The summed E-state index contributed by atoms with van der Waals surface area (Å²) in [5.74, 6) is 0.129. The van der Waals surface area contributed by atoms with Crippen LogP contribution in [0.25, 0.3) is 38.4 Å². The van der Waals surface area contributed by atoms with Crippen LogP contribution in [0.1, 0.15) is 103 Å². The summed E-state index contributed by atoms with van der Waals surface area (Å²) in [6.07, 6.45) is 5.61. The highest BCUT2D eigenvalue weighted by atomic mass is 32.2. The molecule has 0 saturated heterocycles. The first-order valence-corrected chi connectivity index (χ1v) is 31.5. The van der Waals surface area contributed by atoms with E-state index in [0.717, 1.165) is 82.9 Å². The molecule has 7 aromatic carbocycles. The largest absolute Gasteiger partial charge is 0.488 e. The number of hydrogen-bond donors (Lipinski definition) is 5. The maximum absolute atomic E-state index is 15.2. The van der Waals surface area contributed by atoms with E-state index < -0.39 is 34.3 Å². The maximum Gasteiger partial charge on any atom is 0.488 e. The van der Waals surface area contributed by atoms with Crippen molar-refractivity contribution in [2.45, 2.75) is 110 Å². The first-order valence-electron chi connectivity index (χ1n) is 28.6. The molecular weight excluding hydrogens is 1040 g/mol. The summed E-state index contributed by atoms with van der Waals surface area (Å²) in [6, 6.07) is 36.2. The van der Waals surface area contributed by atoms with E-state index >= 15 is 16.8 Å². The average Bonchev–Trinajstić information content (AvgIpc) is 3.40. The van der Waals surface area contributed by atoms with Crippen LogP contribution in [0.4, 0.5) is 5.69 Å². The number of hydrogen-bond acceptors (Lipinski definition) is 11. The molecular formula is C63H85B2N5O8S2. The van der Waals surface area contributed by atoms with Crippen LogP contribution in [0.3, 0.4) is 0 Å². The lowest BCUT2D eigenvalue weighted by molar-refractivity contribution is 0.245. The molecule has 7 aromatic rings. The van der Waals surface area contributed by atoms with Crippen molar-refractivity contribution in [2.24, 2.45) is 23.7 Å². The molecule has 0 aromatic heterocycles. The molecule has 0 spiro atoms. The molecule has 0 aliphatic heterocycles. The second kappa shape index (κ2) is 28.2. The van der Waals surface area contributed by atoms with E-state index in [4.69, 9.17) is 0 Å². The van der Waals surface area contributed by atoms with E-state index in [2.05, 4.69) is 46.0 Å². The zero-order chi connectivity index (χ0) is 57.9. The third-order valence-electron chi connectivity index (χ3n) is 14.7. The number of sulfonamides is 2. The summed E-state index contributed by atoms with van der Waals surface area (Å²) >= 11 is 0. The monoisotopic (exact) mass is 1130 g/mol. The second-order valence-corrected chi connectivity index (χ2v) is 27.2. The summed E-state index contributed by atoms with van der Waals surface area (Å²) in [5.41, 5.74) is 5.71.